The Morgan fingerprint density at radius 2 is 2.16 bits per heavy atom. The number of carbonyl (C=O) groups is 2. The van der Waals surface area contributed by atoms with Crippen LogP contribution in [-0.2, 0) is 9.59 Å². The van der Waals surface area contributed by atoms with E-state index in [4.69, 9.17) is 5.73 Å². The number of hydrogen-bond acceptors (Lipinski definition) is 3. The summed E-state index contributed by atoms with van der Waals surface area (Å²) in [6.45, 7) is 0.737. The quantitative estimate of drug-likeness (QED) is 0.704. The fourth-order valence-electron chi connectivity index (χ4n) is 2.26. The molecule has 1 fully saturated rings. The second-order valence-electron chi connectivity index (χ2n) is 4.75. The Hall–Kier alpha value is -1.88. The highest BCUT2D eigenvalue weighted by Gasteiger charge is 2.23. The summed E-state index contributed by atoms with van der Waals surface area (Å²) in [5, 5.41) is 5.68. The molecule has 19 heavy (non-hydrogen) atoms. The Labute approximate surface area is 112 Å². The normalized spacial score (nSPS) is 19.8. The van der Waals surface area contributed by atoms with Gasteiger partial charge in [-0.2, -0.15) is 0 Å². The van der Waals surface area contributed by atoms with E-state index in [1.54, 1.807) is 0 Å². The molecule has 0 bridgehead atoms. The summed E-state index contributed by atoms with van der Waals surface area (Å²) in [6.07, 6.45) is 1.32. The van der Waals surface area contributed by atoms with E-state index in [2.05, 4.69) is 10.6 Å². The van der Waals surface area contributed by atoms with Crippen LogP contribution < -0.4 is 16.4 Å². The van der Waals surface area contributed by atoms with Crippen molar-refractivity contribution in [2.45, 2.75) is 24.8 Å². The van der Waals surface area contributed by atoms with Crippen molar-refractivity contribution in [2.75, 3.05) is 13.1 Å². The smallest absolute Gasteiger partial charge is 0.228 e. The van der Waals surface area contributed by atoms with E-state index in [0.29, 0.717) is 13.0 Å². The van der Waals surface area contributed by atoms with Gasteiger partial charge < -0.3 is 16.4 Å². The van der Waals surface area contributed by atoms with E-state index in [1.807, 2.05) is 30.3 Å². The Bertz CT molecular complexity index is 447. The molecule has 5 heteroatoms. The van der Waals surface area contributed by atoms with Crippen molar-refractivity contribution in [1.29, 1.82) is 0 Å². The molecular weight excluding hydrogens is 242 g/mol. The second-order valence-corrected chi connectivity index (χ2v) is 4.75. The van der Waals surface area contributed by atoms with Gasteiger partial charge in [-0.3, -0.25) is 9.59 Å². The van der Waals surface area contributed by atoms with Crippen LogP contribution in [0, 0.1) is 0 Å². The first-order chi connectivity index (χ1) is 9.20. The number of hydrogen-bond donors (Lipinski definition) is 3. The topological polar surface area (TPSA) is 84.2 Å². The summed E-state index contributed by atoms with van der Waals surface area (Å²) in [5.41, 5.74) is 6.60. The molecule has 1 saturated heterocycles. The number of carbonyl (C=O) groups excluding carboxylic acids is 2. The third kappa shape index (κ3) is 3.54. The van der Waals surface area contributed by atoms with Gasteiger partial charge in [-0.05, 0) is 12.0 Å². The molecule has 0 aliphatic carbocycles. The highest BCUT2D eigenvalue weighted by atomic mass is 16.2. The highest BCUT2D eigenvalue weighted by molar-refractivity contribution is 5.84. The van der Waals surface area contributed by atoms with E-state index in [-0.39, 0.29) is 30.3 Å². The van der Waals surface area contributed by atoms with Crippen LogP contribution in [0.2, 0.25) is 0 Å². The third-order valence-electron chi connectivity index (χ3n) is 3.36. The zero-order valence-electron chi connectivity index (χ0n) is 10.8. The average Bonchev–Trinajstić information content (AvgIpc) is 2.84. The number of nitrogens with two attached hydrogens (primary N) is 1. The molecule has 1 aromatic carbocycles. The van der Waals surface area contributed by atoms with Crippen LogP contribution in [0.5, 0.6) is 0 Å². The number of rotatable bonds is 5. The fourth-order valence-corrected chi connectivity index (χ4v) is 2.26. The summed E-state index contributed by atoms with van der Waals surface area (Å²) in [7, 11) is 0. The van der Waals surface area contributed by atoms with Gasteiger partial charge in [0.1, 0.15) is 0 Å². The van der Waals surface area contributed by atoms with Crippen LogP contribution in [0.15, 0.2) is 30.3 Å². The first-order valence-electron chi connectivity index (χ1n) is 6.53. The zero-order chi connectivity index (χ0) is 13.7. The van der Waals surface area contributed by atoms with Crippen molar-refractivity contribution < 1.29 is 9.59 Å². The minimum absolute atomic E-state index is 0.0469. The molecule has 0 aromatic heterocycles. The summed E-state index contributed by atoms with van der Waals surface area (Å²) in [6, 6.07) is 9.53. The summed E-state index contributed by atoms with van der Waals surface area (Å²) in [4.78, 5) is 23.2. The molecule has 2 atom stereocenters. The molecular formula is C14H19N3O2. The molecule has 4 N–H and O–H groups in total. The number of benzene rings is 1. The van der Waals surface area contributed by atoms with Crippen LogP contribution in [0.3, 0.4) is 0 Å². The second kappa shape index (κ2) is 6.33. The van der Waals surface area contributed by atoms with Gasteiger partial charge in [0.05, 0.1) is 5.92 Å². The van der Waals surface area contributed by atoms with Gasteiger partial charge in [0, 0.05) is 25.6 Å². The molecule has 102 valence electrons. The largest absolute Gasteiger partial charge is 0.353 e. The molecule has 1 heterocycles. The SMILES string of the molecule is NCC(C(=O)NCC1CCC(=O)N1)c1ccccc1. The van der Waals surface area contributed by atoms with Crippen molar-refractivity contribution in [2.24, 2.45) is 5.73 Å². The number of nitrogens with one attached hydrogen (secondary N) is 2. The lowest BCUT2D eigenvalue weighted by Gasteiger charge is -2.17. The summed E-state index contributed by atoms with van der Waals surface area (Å²) in [5.74, 6) is -0.370. The zero-order valence-corrected chi connectivity index (χ0v) is 10.8. The minimum Gasteiger partial charge on any atom is -0.353 e. The average molecular weight is 261 g/mol. The summed E-state index contributed by atoms with van der Waals surface area (Å²) >= 11 is 0. The van der Waals surface area contributed by atoms with Gasteiger partial charge in [-0.25, -0.2) is 0 Å². The molecule has 5 nitrogen and oxygen atoms in total. The van der Waals surface area contributed by atoms with Gasteiger partial charge in [-0.15, -0.1) is 0 Å². The molecule has 1 aliphatic heterocycles. The highest BCUT2D eigenvalue weighted by Crippen LogP contribution is 2.14. The van der Waals surface area contributed by atoms with Crippen LogP contribution in [0.25, 0.3) is 0 Å². The minimum atomic E-state index is -0.335. The van der Waals surface area contributed by atoms with Crippen LogP contribution in [0.4, 0.5) is 0 Å². The Kier molecular flexibility index (Phi) is 4.52. The van der Waals surface area contributed by atoms with Gasteiger partial charge in [0.25, 0.3) is 0 Å². The maximum atomic E-state index is 12.1. The van der Waals surface area contributed by atoms with E-state index >= 15 is 0 Å². The van der Waals surface area contributed by atoms with Crippen LogP contribution in [0.1, 0.15) is 24.3 Å². The standard InChI is InChI=1S/C14H19N3O2/c15-8-12(10-4-2-1-3-5-10)14(19)16-9-11-6-7-13(18)17-11/h1-5,11-12H,6-9,15H2,(H,16,19)(H,17,18). The van der Waals surface area contributed by atoms with E-state index in [0.717, 1.165) is 12.0 Å². The lowest BCUT2D eigenvalue weighted by Crippen LogP contribution is -2.41. The molecule has 1 aromatic rings. The van der Waals surface area contributed by atoms with Crippen molar-refractivity contribution in [3.8, 4) is 0 Å². The maximum Gasteiger partial charge on any atom is 0.228 e. The molecule has 0 saturated carbocycles. The molecule has 0 radical (unpaired) electrons. The first-order valence-corrected chi connectivity index (χ1v) is 6.53. The predicted octanol–water partition coefficient (Wildman–Crippen LogP) is 0.124. The molecule has 1 aliphatic rings. The molecule has 2 amide bonds. The van der Waals surface area contributed by atoms with Crippen molar-refractivity contribution in [3.63, 3.8) is 0 Å². The van der Waals surface area contributed by atoms with E-state index in [9.17, 15) is 9.59 Å². The maximum absolute atomic E-state index is 12.1. The predicted molar refractivity (Wildman–Crippen MR) is 72.4 cm³/mol. The van der Waals surface area contributed by atoms with Gasteiger partial charge in [0.2, 0.25) is 11.8 Å². The molecule has 2 rings (SSSR count). The van der Waals surface area contributed by atoms with Crippen molar-refractivity contribution >= 4 is 11.8 Å². The van der Waals surface area contributed by atoms with Crippen molar-refractivity contribution in [1.82, 2.24) is 10.6 Å². The lowest BCUT2D eigenvalue weighted by molar-refractivity contribution is -0.123. The fraction of sp³-hybridized carbons (Fsp3) is 0.429. The first kappa shape index (κ1) is 13.5. The third-order valence-corrected chi connectivity index (χ3v) is 3.36. The Morgan fingerprint density at radius 1 is 1.42 bits per heavy atom. The monoisotopic (exact) mass is 261 g/mol. The molecule has 2 unspecified atom stereocenters. The van der Waals surface area contributed by atoms with Crippen LogP contribution in [-0.4, -0.2) is 30.9 Å². The number of amides is 2. The van der Waals surface area contributed by atoms with Gasteiger partial charge >= 0.3 is 0 Å². The lowest BCUT2D eigenvalue weighted by atomic mass is 9.98. The van der Waals surface area contributed by atoms with E-state index < -0.39 is 0 Å². The summed E-state index contributed by atoms with van der Waals surface area (Å²) < 4.78 is 0. The Morgan fingerprint density at radius 3 is 2.74 bits per heavy atom. The molecule has 0 spiro atoms. The van der Waals surface area contributed by atoms with Gasteiger partial charge in [0.15, 0.2) is 0 Å². The van der Waals surface area contributed by atoms with E-state index in [1.165, 1.54) is 0 Å². The van der Waals surface area contributed by atoms with Gasteiger partial charge in [-0.1, -0.05) is 30.3 Å². The Balaban J connectivity index is 1.89. The van der Waals surface area contributed by atoms with Crippen LogP contribution >= 0.6 is 0 Å². The van der Waals surface area contributed by atoms with Crippen molar-refractivity contribution in [3.05, 3.63) is 35.9 Å².